The third kappa shape index (κ3) is 3.40. The van der Waals surface area contributed by atoms with Gasteiger partial charge in [-0.15, -0.1) is 0 Å². The molecule has 2 unspecified atom stereocenters. The molecule has 0 fully saturated rings. The van der Waals surface area contributed by atoms with Crippen molar-refractivity contribution in [1.82, 2.24) is 0 Å². The van der Waals surface area contributed by atoms with Crippen LogP contribution >= 0.6 is 0 Å². The van der Waals surface area contributed by atoms with Crippen LogP contribution in [-0.4, -0.2) is 11.6 Å². The molecular formula is C24H30O4. The Hall–Kier alpha value is -2.04. The van der Waals surface area contributed by atoms with Crippen LogP contribution < -0.4 is 9.47 Å². The predicted octanol–water partition coefficient (Wildman–Crippen LogP) is 5.89. The van der Waals surface area contributed by atoms with E-state index in [1.807, 2.05) is 50.2 Å². The molecular weight excluding hydrogens is 352 g/mol. The minimum atomic E-state index is -0.897. The highest BCUT2D eigenvalue weighted by molar-refractivity contribution is 5.42. The predicted molar refractivity (Wildman–Crippen MR) is 108 cm³/mol. The van der Waals surface area contributed by atoms with Gasteiger partial charge in [-0.05, 0) is 23.0 Å². The van der Waals surface area contributed by atoms with E-state index in [0.29, 0.717) is 12.8 Å². The summed E-state index contributed by atoms with van der Waals surface area (Å²) in [5.41, 5.74) is 2.19. The molecule has 0 amide bonds. The summed E-state index contributed by atoms with van der Waals surface area (Å²) in [6.07, 6.45) is 1.35. The Morgan fingerprint density at radius 1 is 0.607 bits per heavy atom. The average Bonchev–Trinajstić information content (AvgIpc) is 2.59. The molecule has 0 spiro atoms. The molecule has 4 rings (SSSR count). The summed E-state index contributed by atoms with van der Waals surface area (Å²) in [6.45, 7) is 12.7. The molecule has 2 aromatic rings. The first kappa shape index (κ1) is 19.3. The Morgan fingerprint density at radius 2 is 0.964 bits per heavy atom. The van der Waals surface area contributed by atoms with Crippen molar-refractivity contribution in [3.05, 3.63) is 59.7 Å². The van der Waals surface area contributed by atoms with E-state index in [-0.39, 0.29) is 10.8 Å². The lowest BCUT2D eigenvalue weighted by molar-refractivity contribution is -0.482. The maximum atomic E-state index is 6.21. The van der Waals surface area contributed by atoms with Gasteiger partial charge in [0.1, 0.15) is 11.5 Å². The molecule has 2 aliphatic rings. The van der Waals surface area contributed by atoms with Gasteiger partial charge in [-0.2, -0.15) is 9.78 Å². The minimum Gasteiger partial charge on any atom is -0.460 e. The number of rotatable bonds is 3. The minimum absolute atomic E-state index is 0.0901. The Balaban J connectivity index is 1.55. The lowest BCUT2D eigenvalue weighted by atomic mass is 9.76. The zero-order valence-corrected chi connectivity index (χ0v) is 17.7. The summed E-state index contributed by atoms with van der Waals surface area (Å²) >= 11 is 0. The van der Waals surface area contributed by atoms with E-state index >= 15 is 0 Å². The first-order valence-electron chi connectivity index (χ1n) is 9.96. The van der Waals surface area contributed by atoms with Crippen LogP contribution in [0, 0.1) is 0 Å². The van der Waals surface area contributed by atoms with Crippen molar-refractivity contribution < 1.29 is 19.2 Å². The van der Waals surface area contributed by atoms with E-state index in [1.54, 1.807) is 0 Å². The van der Waals surface area contributed by atoms with E-state index in [9.17, 15) is 0 Å². The molecule has 28 heavy (non-hydrogen) atoms. The van der Waals surface area contributed by atoms with Gasteiger partial charge in [0.05, 0.1) is 0 Å². The van der Waals surface area contributed by atoms with Crippen molar-refractivity contribution >= 4 is 0 Å². The molecule has 2 heterocycles. The fraction of sp³-hybridized carbons (Fsp3) is 0.500. The lowest BCUT2D eigenvalue weighted by Crippen LogP contribution is -2.51. The number of benzene rings is 2. The summed E-state index contributed by atoms with van der Waals surface area (Å²) in [4.78, 5) is 11.9. The third-order valence-corrected chi connectivity index (χ3v) is 5.80. The highest BCUT2D eigenvalue weighted by atomic mass is 17.3. The van der Waals surface area contributed by atoms with Crippen LogP contribution in [0.4, 0.5) is 0 Å². The van der Waals surface area contributed by atoms with E-state index in [1.165, 1.54) is 11.1 Å². The number of fused-ring (bicyclic) bond motifs is 2. The second-order valence-electron chi connectivity index (χ2n) is 9.75. The van der Waals surface area contributed by atoms with E-state index in [0.717, 1.165) is 11.5 Å². The number of hydrogen-bond acceptors (Lipinski definition) is 4. The molecule has 0 saturated carbocycles. The van der Waals surface area contributed by atoms with Crippen molar-refractivity contribution in [1.29, 1.82) is 0 Å². The first-order chi connectivity index (χ1) is 13.0. The van der Waals surface area contributed by atoms with Crippen LogP contribution in [-0.2, 0) is 20.6 Å². The van der Waals surface area contributed by atoms with Crippen molar-refractivity contribution in [2.45, 2.75) is 76.8 Å². The molecule has 2 atom stereocenters. The summed E-state index contributed by atoms with van der Waals surface area (Å²) in [5, 5.41) is 0. The van der Waals surface area contributed by atoms with E-state index in [2.05, 4.69) is 39.8 Å². The number of hydrogen-bond donors (Lipinski definition) is 0. The molecule has 0 aliphatic carbocycles. The molecule has 150 valence electrons. The SMILES string of the molecule is CC1(OOC2(C)CC(C)(C)c3ccccc3O2)CC(C)(C)c2ccccc2O1. The average molecular weight is 383 g/mol. The van der Waals surface area contributed by atoms with Crippen molar-refractivity contribution in [3.63, 3.8) is 0 Å². The normalized spacial score (nSPS) is 29.8. The van der Waals surface area contributed by atoms with Crippen molar-refractivity contribution in [3.8, 4) is 11.5 Å². The zero-order valence-electron chi connectivity index (χ0n) is 17.7. The van der Waals surface area contributed by atoms with Gasteiger partial charge < -0.3 is 9.47 Å². The molecule has 2 aromatic carbocycles. The maximum absolute atomic E-state index is 6.21. The quantitative estimate of drug-likeness (QED) is 0.490. The topological polar surface area (TPSA) is 36.9 Å². The molecule has 4 heteroatoms. The summed E-state index contributed by atoms with van der Waals surface area (Å²) < 4.78 is 12.4. The largest absolute Gasteiger partial charge is 0.460 e. The smallest absolute Gasteiger partial charge is 0.239 e. The van der Waals surface area contributed by atoms with Crippen molar-refractivity contribution in [2.24, 2.45) is 0 Å². The van der Waals surface area contributed by atoms with Crippen molar-refractivity contribution in [2.75, 3.05) is 0 Å². The Labute approximate surface area is 167 Å². The Kier molecular flexibility index (Phi) is 4.29. The summed E-state index contributed by atoms with van der Waals surface area (Å²) in [7, 11) is 0. The molecule has 0 bridgehead atoms. The fourth-order valence-corrected chi connectivity index (χ4v) is 4.83. The maximum Gasteiger partial charge on any atom is 0.239 e. The molecule has 0 radical (unpaired) electrons. The molecule has 2 aliphatic heterocycles. The van der Waals surface area contributed by atoms with Crippen LogP contribution in [0.2, 0.25) is 0 Å². The van der Waals surface area contributed by atoms with Gasteiger partial charge in [0.2, 0.25) is 11.6 Å². The van der Waals surface area contributed by atoms with Crippen LogP contribution in [0.25, 0.3) is 0 Å². The monoisotopic (exact) mass is 382 g/mol. The highest BCUT2D eigenvalue weighted by Crippen LogP contribution is 2.48. The van der Waals surface area contributed by atoms with Gasteiger partial charge >= 0.3 is 0 Å². The highest BCUT2D eigenvalue weighted by Gasteiger charge is 2.48. The van der Waals surface area contributed by atoms with Gasteiger partial charge in [-0.25, -0.2) is 0 Å². The van der Waals surface area contributed by atoms with E-state index in [4.69, 9.17) is 19.2 Å². The van der Waals surface area contributed by atoms with Crippen LogP contribution in [0.5, 0.6) is 11.5 Å². The lowest BCUT2D eigenvalue weighted by Gasteiger charge is -2.46. The Morgan fingerprint density at radius 3 is 1.36 bits per heavy atom. The molecule has 0 aromatic heterocycles. The zero-order chi connectivity index (χ0) is 20.2. The Bertz CT molecular complexity index is 814. The molecule has 0 N–H and O–H groups in total. The van der Waals surface area contributed by atoms with Crippen LogP contribution in [0.3, 0.4) is 0 Å². The summed E-state index contributed by atoms with van der Waals surface area (Å²) in [5.74, 6) is -0.119. The van der Waals surface area contributed by atoms with Gasteiger partial charge in [-0.3, -0.25) is 0 Å². The van der Waals surface area contributed by atoms with Crippen LogP contribution in [0.1, 0.15) is 65.5 Å². The standard InChI is InChI=1S/C24H30O4/c1-21(2)15-23(5,25-19-13-9-7-11-17(19)21)27-28-24(6)16-22(3,4)18-12-8-10-14-20(18)26-24/h7-14H,15-16H2,1-6H3. The second-order valence-corrected chi connectivity index (χ2v) is 9.75. The molecule has 0 saturated heterocycles. The number of para-hydroxylation sites is 2. The van der Waals surface area contributed by atoms with Gasteiger partial charge in [0.25, 0.3) is 0 Å². The molecule has 4 nitrogen and oxygen atoms in total. The van der Waals surface area contributed by atoms with Gasteiger partial charge in [-0.1, -0.05) is 64.1 Å². The fourth-order valence-electron chi connectivity index (χ4n) is 4.83. The van der Waals surface area contributed by atoms with Gasteiger partial charge in [0.15, 0.2) is 0 Å². The summed E-state index contributed by atoms with van der Waals surface area (Å²) in [6, 6.07) is 16.2. The number of ether oxygens (including phenoxy) is 2. The van der Waals surface area contributed by atoms with Gasteiger partial charge in [0, 0.05) is 37.8 Å². The second kappa shape index (κ2) is 6.23. The van der Waals surface area contributed by atoms with E-state index < -0.39 is 11.6 Å². The first-order valence-corrected chi connectivity index (χ1v) is 9.96. The van der Waals surface area contributed by atoms with Crippen LogP contribution in [0.15, 0.2) is 48.5 Å². The third-order valence-electron chi connectivity index (χ3n) is 5.80.